The number of benzene rings is 2. The maximum atomic E-state index is 13.2. The summed E-state index contributed by atoms with van der Waals surface area (Å²) >= 11 is 0. The Bertz CT molecular complexity index is 704. The van der Waals surface area contributed by atoms with Crippen LogP contribution in [0.15, 0.2) is 36.4 Å². The molecule has 2 aromatic rings. The van der Waals surface area contributed by atoms with Crippen LogP contribution in [0.1, 0.15) is 24.2 Å². The molecule has 0 bridgehead atoms. The third kappa shape index (κ3) is 4.12. The summed E-state index contributed by atoms with van der Waals surface area (Å²) in [5, 5.41) is 2.70. The van der Waals surface area contributed by atoms with E-state index in [0.29, 0.717) is 36.1 Å². The number of hydrogen-bond acceptors (Lipinski definition) is 4. The summed E-state index contributed by atoms with van der Waals surface area (Å²) in [6.07, 6.45) is 0. The molecule has 0 heterocycles. The third-order valence-electron chi connectivity index (χ3n) is 3.05. The minimum Gasteiger partial charge on any atom is -0.492 e. The van der Waals surface area contributed by atoms with Gasteiger partial charge in [-0.25, -0.2) is 4.39 Å². The summed E-state index contributed by atoms with van der Waals surface area (Å²) in [5.41, 5.74) is 6.94. The standard InChI is InChI=1S/C17H19FN2O3/c1-3-22-15-10-14(16(23-4-2)9-13(15)19)20-17(21)11-6-5-7-12(18)8-11/h5-10H,3-4,19H2,1-2H3,(H,20,21). The number of ether oxygens (including phenoxy) is 2. The van der Waals surface area contributed by atoms with Crippen LogP contribution >= 0.6 is 0 Å². The molecule has 0 spiro atoms. The first-order valence-corrected chi connectivity index (χ1v) is 7.31. The smallest absolute Gasteiger partial charge is 0.255 e. The molecule has 0 radical (unpaired) electrons. The van der Waals surface area contributed by atoms with Crippen LogP contribution in [-0.4, -0.2) is 19.1 Å². The van der Waals surface area contributed by atoms with Gasteiger partial charge in [-0.1, -0.05) is 6.07 Å². The summed E-state index contributed by atoms with van der Waals surface area (Å²) in [6.45, 7) is 4.51. The number of rotatable bonds is 6. The van der Waals surface area contributed by atoms with E-state index in [1.807, 2.05) is 13.8 Å². The molecule has 1 amide bonds. The molecule has 0 saturated heterocycles. The summed E-state index contributed by atoms with van der Waals surface area (Å²) in [4.78, 5) is 12.3. The van der Waals surface area contributed by atoms with Gasteiger partial charge >= 0.3 is 0 Å². The van der Waals surface area contributed by atoms with Crippen molar-refractivity contribution in [2.75, 3.05) is 24.3 Å². The number of nitrogens with two attached hydrogens (primary N) is 1. The predicted octanol–water partition coefficient (Wildman–Crippen LogP) is 3.46. The van der Waals surface area contributed by atoms with Crippen LogP contribution in [0, 0.1) is 5.82 Å². The Labute approximate surface area is 134 Å². The lowest BCUT2D eigenvalue weighted by Crippen LogP contribution is -2.13. The maximum absolute atomic E-state index is 13.2. The van der Waals surface area contributed by atoms with Gasteiger partial charge in [0.1, 0.15) is 17.3 Å². The van der Waals surface area contributed by atoms with E-state index < -0.39 is 11.7 Å². The van der Waals surface area contributed by atoms with Crippen LogP contribution in [0.5, 0.6) is 11.5 Å². The third-order valence-corrected chi connectivity index (χ3v) is 3.05. The van der Waals surface area contributed by atoms with E-state index in [1.165, 1.54) is 18.2 Å². The van der Waals surface area contributed by atoms with Gasteiger partial charge in [0.15, 0.2) is 0 Å². The van der Waals surface area contributed by atoms with Crippen LogP contribution < -0.4 is 20.5 Å². The Morgan fingerprint density at radius 1 is 1.13 bits per heavy atom. The van der Waals surface area contributed by atoms with Gasteiger partial charge in [0.2, 0.25) is 0 Å². The van der Waals surface area contributed by atoms with E-state index in [1.54, 1.807) is 12.1 Å². The largest absolute Gasteiger partial charge is 0.492 e. The lowest BCUT2D eigenvalue weighted by Gasteiger charge is -2.15. The first-order chi connectivity index (χ1) is 11.0. The zero-order chi connectivity index (χ0) is 16.8. The highest BCUT2D eigenvalue weighted by Crippen LogP contribution is 2.35. The summed E-state index contributed by atoms with van der Waals surface area (Å²) in [7, 11) is 0. The monoisotopic (exact) mass is 318 g/mol. The molecule has 0 aliphatic heterocycles. The SMILES string of the molecule is CCOc1cc(NC(=O)c2cccc(F)c2)c(OCC)cc1N. The highest BCUT2D eigenvalue weighted by Gasteiger charge is 2.14. The minimum atomic E-state index is -0.477. The Kier molecular flexibility index (Phi) is 5.41. The number of nitrogen functional groups attached to an aromatic ring is 1. The van der Waals surface area contributed by atoms with Crippen molar-refractivity contribution in [1.82, 2.24) is 0 Å². The van der Waals surface area contributed by atoms with Crippen molar-refractivity contribution in [1.29, 1.82) is 0 Å². The lowest BCUT2D eigenvalue weighted by molar-refractivity contribution is 0.102. The van der Waals surface area contributed by atoms with Crippen LogP contribution in [-0.2, 0) is 0 Å². The normalized spacial score (nSPS) is 10.2. The molecule has 0 aliphatic rings. The molecule has 0 fully saturated rings. The Morgan fingerprint density at radius 2 is 1.83 bits per heavy atom. The van der Waals surface area contributed by atoms with Crippen molar-refractivity contribution in [3.63, 3.8) is 0 Å². The van der Waals surface area contributed by atoms with Crippen molar-refractivity contribution in [2.24, 2.45) is 0 Å². The van der Waals surface area contributed by atoms with Gasteiger partial charge in [-0.2, -0.15) is 0 Å². The molecule has 23 heavy (non-hydrogen) atoms. The van der Waals surface area contributed by atoms with Crippen molar-refractivity contribution < 1.29 is 18.7 Å². The second kappa shape index (κ2) is 7.49. The zero-order valence-electron chi connectivity index (χ0n) is 13.1. The van der Waals surface area contributed by atoms with Gasteiger partial charge < -0.3 is 20.5 Å². The molecule has 0 atom stereocenters. The van der Waals surface area contributed by atoms with Crippen molar-refractivity contribution in [3.8, 4) is 11.5 Å². The second-order valence-corrected chi connectivity index (χ2v) is 4.72. The Hall–Kier alpha value is -2.76. The molecule has 0 aromatic heterocycles. The number of amides is 1. The second-order valence-electron chi connectivity index (χ2n) is 4.72. The highest BCUT2D eigenvalue weighted by atomic mass is 19.1. The summed E-state index contributed by atoms with van der Waals surface area (Å²) in [6, 6.07) is 8.63. The van der Waals surface area contributed by atoms with E-state index in [-0.39, 0.29) is 5.56 Å². The number of carbonyl (C=O) groups excluding carboxylic acids is 1. The topological polar surface area (TPSA) is 73.6 Å². The van der Waals surface area contributed by atoms with Gasteiger partial charge in [-0.3, -0.25) is 4.79 Å². The van der Waals surface area contributed by atoms with E-state index >= 15 is 0 Å². The Balaban J connectivity index is 2.32. The quantitative estimate of drug-likeness (QED) is 0.800. The van der Waals surface area contributed by atoms with E-state index in [0.717, 1.165) is 6.07 Å². The van der Waals surface area contributed by atoms with E-state index in [9.17, 15) is 9.18 Å². The zero-order valence-corrected chi connectivity index (χ0v) is 13.1. The molecule has 0 aliphatic carbocycles. The molecule has 0 saturated carbocycles. The first-order valence-electron chi connectivity index (χ1n) is 7.31. The molecular weight excluding hydrogens is 299 g/mol. The van der Waals surface area contributed by atoms with Gasteiger partial charge in [0, 0.05) is 17.7 Å². The number of halogens is 1. The predicted molar refractivity (Wildman–Crippen MR) is 87.5 cm³/mol. The number of nitrogens with one attached hydrogen (secondary N) is 1. The average Bonchev–Trinajstić information content (AvgIpc) is 2.52. The van der Waals surface area contributed by atoms with E-state index in [4.69, 9.17) is 15.2 Å². The maximum Gasteiger partial charge on any atom is 0.255 e. The first kappa shape index (κ1) is 16.6. The van der Waals surface area contributed by atoms with Crippen molar-refractivity contribution in [3.05, 3.63) is 47.8 Å². The van der Waals surface area contributed by atoms with Crippen LogP contribution in [0.25, 0.3) is 0 Å². The number of hydrogen-bond donors (Lipinski definition) is 2. The summed E-state index contributed by atoms with van der Waals surface area (Å²) in [5.74, 6) is -0.0450. The van der Waals surface area contributed by atoms with Crippen molar-refractivity contribution >= 4 is 17.3 Å². The molecule has 122 valence electrons. The molecule has 2 aromatic carbocycles. The summed E-state index contributed by atoms with van der Waals surface area (Å²) < 4.78 is 24.2. The van der Waals surface area contributed by atoms with Crippen LogP contribution in [0.2, 0.25) is 0 Å². The minimum absolute atomic E-state index is 0.210. The fourth-order valence-electron chi connectivity index (χ4n) is 2.05. The fraction of sp³-hybridized carbons (Fsp3) is 0.235. The van der Waals surface area contributed by atoms with Gasteiger partial charge in [-0.15, -0.1) is 0 Å². The van der Waals surface area contributed by atoms with Crippen LogP contribution in [0.3, 0.4) is 0 Å². The fourth-order valence-corrected chi connectivity index (χ4v) is 2.05. The molecule has 2 rings (SSSR count). The van der Waals surface area contributed by atoms with E-state index in [2.05, 4.69) is 5.32 Å². The molecular formula is C17H19FN2O3. The number of anilines is 2. The van der Waals surface area contributed by atoms with Gasteiger partial charge in [0.05, 0.1) is 24.6 Å². The highest BCUT2D eigenvalue weighted by molar-refractivity contribution is 6.05. The molecule has 3 N–H and O–H groups in total. The van der Waals surface area contributed by atoms with Gasteiger partial charge in [-0.05, 0) is 32.0 Å². The van der Waals surface area contributed by atoms with Crippen LogP contribution in [0.4, 0.5) is 15.8 Å². The van der Waals surface area contributed by atoms with Gasteiger partial charge in [0.25, 0.3) is 5.91 Å². The molecule has 6 heteroatoms. The average molecular weight is 318 g/mol. The molecule has 0 unspecified atom stereocenters. The number of carbonyl (C=O) groups is 1. The molecule has 5 nitrogen and oxygen atoms in total. The van der Waals surface area contributed by atoms with Crippen molar-refractivity contribution in [2.45, 2.75) is 13.8 Å². The Morgan fingerprint density at radius 3 is 2.48 bits per heavy atom. The lowest BCUT2D eigenvalue weighted by atomic mass is 10.2.